The SMILES string of the molecule is Brc1cc(CNC2COC2)cc2c1OCCCO2. The highest BCUT2D eigenvalue weighted by molar-refractivity contribution is 9.10. The van der Waals surface area contributed by atoms with E-state index < -0.39 is 0 Å². The second-order valence-electron chi connectivity index (χ2n) is 4.57. The summed E-state index contributed by atoms with van der Waals surface area (Å²) in [5.74, 6) is 1.66. The number of hydrogen-bond donors (Lipinski definition) is 1. The fourth-order valence-corrected chi connectivity index (χ4v) is 2.61. The fourth-order valence-electron chi connectivity index (χ4n) is 2.00. The number of rotatable bonds is 3. The molecule has 0 saturated carbocycles. The quantitative estimate of drug-likeness (QED) is 0.927. The summed E-state index contributed by atoms with van der Waals surface area (Å²) >= 11 is 3.55. The van der Waals surface area contributed by atoms with Crippen LogP contribution in [0.2, 0.25) is 0 Å². The van der Waals surface area contributed by atoms with E-state index in [2.05, 4.69) is 33.4 Å². The van der Waals surface area contributed by atoms with Crippen LogP contribution in [0.5, 0.6) is 11.5 Å². The maximum atomic E-state index is 5.71. The molecule has 4 nitrogen and oxygen atoms in total. The molecule has 0 bridgehead atoms. The number of fused-ring (bicyclic) bond motifs is 1. The van der Waals surface area contributed by atoms with E-state index in [1.807, 2.05) is 0 Å². The molecule has 18 heavy (non-hydrogen) atoms. The third-order valence-electron chi connectivity index (χ3n) is 3.09. The zero-order valence-electron chi connectivity index (χ0n) is 10.1. The van der Waals surface area contributed by atoms with Crippen molar-refractivity contribution in [2.45, 2.75) is 19.0 Å². The molecular weight excluding hydrogens is 298 g/mol. The van der Waals surface area contributed by atoms with Crippen LogP contribution in [0.1, 0.15) is 12.0 Å². The van der Waals surface area contributed by atoms with Crippen molar-refractivity contribution >= 4 is 15.9 Å². The molecule has 0 spiro atoms. The van der Waals surface area contributed by atoms with Gasteiger partial charge in [-0.3, -0.25) is 0 Å². The Morgan fingerprint density at radius 3 is 2.83 bits per heavy atom. The summed E-state index contributed by atoms with van der Waals surface area (Å²) in [7, 11) is 0. The van der Waals surface area contributed by atoms with Crippen molar-refractivity contribution in [1.29, 1.82) is 0 Å². The Bertz CT molecular complexity index is 434. The summed E-state index contributed by atoms with van der Waals surface area (Å²) in [5.41, 5.74) is 1.19. The molecule has 2 aliphatic rings. The van der Waals surface area contributed by atoms with Crippen LogP contribution in [0.25, 0.3) is 0 Å². The molecular formula is C13H16BrNO3. The zero-order chi connectivity index (χ0) is 12.4. The van der Waals surface area contributed by atoms with E-state index in [1.165, 1.54) is 5.56 Å². The van der Waals surface area contributed by atoms with E-state index in [1.54, 1.807) is 0 Å². The van der Waals surface area contributed by atoms with Crippen molar-refractivity contribution in [3.63, 3.8) is 0 Å². The standard InChI is InChI=1S/C13H16BrNO3/c14-11-4-9(6-15-10-7-16-8-10)5-12-13(11)18-3-1-2-17-12/h4-5,10,15H,1-3,6-8H2. The number of nitrogens with one attached hydrogen (secondary N) is 1. The van der Waals surface area contributed by atoms with Gasteiger partial charge in [-0.2, -0.15) is 0 Å². The van der Waals surface area contributed by atoms with E-state index in [0.717, 1.165) is 42.2 Å². The van der Waals surface area contributed by atoms with Gasteiger partial charge in [0.15, 0.2) is 11.5 Å². The van der Waals surface area contributed by atoms with Crippen molar-refractivity contribution < 1.29 is 14.2 Å². The molecule has 1 aromatic carbocycles. The smallest absolute Gasteiger partial charge is 0.175 e. The molecule has 98 valence electrons. The first-order valence-corrected chi connectivity index (χ1v) is 7.01. The third-order valence-corrected chi connectivity index (χ3v) is 3.68. The van der Waals surface area contributed by atoms with Gasteiger partial charge in [-0.05, 0) is 33.6 Å². The van der Waals surface area contributed by atoms with Gasteiger partial charge in [-0.25, -0.2) is 0 Å². The number of hydrogen-bond acceptors (Lipinski definition) is 4. The van der Waals surface area contributed by atoms with Crippen LogP contribution in [0.3, 0.4) is 0 Å². The van der Waals surface area contributed by atoms with Gasteiger partial charge >= 0.3 is 0 Å². The maximum absolute atomic E-state index is 5.71. The minimum Gasteiger partial charge on any atom is -0.490 e. The minimum atomic E-state index is 0.486. The van der Waals surface area contributed by atoms with E-state index in [9.17, 15) is 0 Å². The molecule has 3 rings (SSSR count). The van der Waals surface area contributed by atoms with Gasteiger partial charge in [0.05, 0.1) is 36.9 Å². The molecule has 1 aromatic rings. The van der Waals surface area contributed by atoms with Gasteiger partial charge in [0, 0.05) is 13.0 Å². The molecule has 1 N–H and O–H groups in total. The minimum absolute atomic E-state index is 0.486. The first-order chi connectivity index (χ1) is 8.83. The Morgan fingerprint density at radius 2 is 2.06 bits per heavy atom. The van der Waals surface area contributed by atoms with Crippen LogP contribution in [0.4, 0.5) is 0 Å². The second kappa shape index (κ2) is 5.47. The van der Waals surface area contributed by atoms with Gasteiger partial charge in [-0.1, -0.05) is 0 Å². The monoisotopic (exact) mass is 313 g/mol. The molecule has 2 aliphatic heterocycles. The lowest BCUT2D eigenvalue weighted by atomic mass is 10.1. The van der Waals surface area contributed by atoms with Gasteiger partial charge in [0.1, 0.15) is 0 Å². The van der Waals surface area contributed by atoms with Crippen LogP contribution in [-0.2, 0) is 11.3 Å². The molecule has 0 unspecified atom stereocenters. The van der Waals surface area contributed by atoms with Crippen LogP contribution in [0, 0.1) is 0 Å². The normalized spacial score (nSPS) is 19.2. The molecule has 0 radical (unpaired) electrons. The Morgan fingerprint density at radius 1 is 1.22 bits per heavy atom. The largest absolute Gasteiger partial charge is 0.490 e. The third kappa shape index (κ3) is 2.63. The van der Waals surface area contributed by atoms with Crippen LogP contribution in [0.15, 0.2) is 16.6 Å². The number of ether oxygens (including phenoxy) is 3. The second-order valence-corrected chi connectivity index (χ2v) is 5.42. The summed E-state index contributed by atoms with van der Waals surface area (Å²) in [6.45, 7) is 3.87. The summed E-state index contributed by atoms with van der Waals surface area (Å²) < 4.78 is 17.5. The zero-order valence-corrected chi connectivity index (χ0v) is 11.7. The van der Waals surface area contributed by atoms with E-state index in [0.29, 0.717) is 19.3 Å². The topological polar surface area (TPSA) is 39.7 Å². The van der Waals surface area contributed by atoms with Crippen LogP contribution in [-0.4, -0.2) is 32.5 Å². The fraction of sp³-hybridized carbons (Fsp3) is 0.538. The van der Waals surface area contributed by atoms with Gasteiger partial charge in [-0.15, -0.1) is 0 Å². The Balaban J connectivity index is 1.74. The predicted octanol–water partition coefficient (Wildman–Crippen LogP) is 2.10. The maximum Gasteiger partial charge on any atom is 0.175 e. The average molecular weight is 314 g/mol. The van der Waals surface area contributed by atoms with E-state index >= 15 is 0 Å². The Hall–Kier alpha value is -0.780. The summed E-state index contributed by atoms with van der Waals surface area (Å²) in [6.07, 6.45) is 0.925. The van der Waals surface area contributed by atoms with Crippen LogP contribution < -0.4 is 14.8 Å². The molecule has 0 atom stereocenters. The Labute approximate surface area is 115 Å². The van der Waals surface area contributed by atoms with E-state index in [4.69, 9.17) is 14.2 Å². The van der Waals surface area contributed by atoms with Crippen LogP contribution >= 0.6 is 15.9 Å². The predicted molar refractivity (Wildman–Crippen MR) is 71.2 cm³/mol. The molecule has 1 saturated heterocycles. The van der Waals surface area contributed by atoms with Crippen molar-refractivity contribution in [2.24, 2.45) is 0 Å². The number of halogens is 1. The lowest BCUT2D eigenvalue weighted by Gasteiger charge is -2.27. The Kier molecular flexibility index (Phi) is 3.72. The highest BCUT2D eigenvalue weighted by Gasteiger charge is 2.19. The first-order valence-electron chi connectivity index (χ1n) is 6.22. The average Bonchev–Trinajstić information content (AvgIpc) is 2.52. The molecule has 2 heterocycles. The molecule has 5 heteroatoms. The number of benzene rings is 1. The molecule has 0 aliphatic carbocycles. The first kappa shape index (κ1) is 12.3. The van der Waals surface area contributed by atoms with Gasteiger partial charge in [0.2, 0.25) is 0 Å². The molecule has 0 aromatic heterocycles. The summed E-state index contributed by atoms with van der Waals surface area (Å²) in [4.78, 5) is 0. The highest BCUT2D eigenvalue weighted by Crippen LogP contribution is 2.38. The van der Waals surface area contributed by atoms with E-state index in [-0.39, 0.29) is 0 Å². The summed E-state index contributed by atoms with van der Waals surface area (Å²) in [5, 5.41) is 3.44. The molecule has 0 amide bonds. The molecule has 1 fully saturated rings. The lowest BCUT2D eigenvalue weighted by Crippen LogP contribution is -2.45. The van der Waals surface area contributed by atoms with Crippen molar-refractivity contribution in [1.82, 2.24) is 5.32 Å². The highest BCUT2D eigenvalue weighted by atomic mass is 79.9. The van der Waals surface area contributed by atoms with Gasteiger partial charge < -0.3 is 19.5 Å². The summed E-state index contributed by atoms with van der Waals surface area (Å²) in [6, 6.07) is 4.62. The van der Waals surface area contributed by atoms with Crippen molar-refractivity contribution in [2.75, 3.05) is 26.4 Å². The lowest BCUT2D eigenvalue weighted by molar-refractivity contribution is -0.00579. The van der Waals surface area contributed by atoms with Gasteiger partial charge in [0.25, 0.3) is 0 Å². The van der Waals surface area contributed by atoms with Crippen molar-refractivity contribution in [3.05, 3.63) is 22.2 Å². The van der Waals surface area contributed by atoms with Crippen molar-refractivity contribution in [3.8, 4) is 11.5 Å².